The monoisotopic (exact) mass is 311 g/mol. The predicted octanol–water partition coefficient (Wildman–Crippen LogP) is 3.03. The lowest BCUT2D eigenvalue weighted by atomic mass is 9.93. The number of para-hydroxylation sites is 1. The predicted molar refractivity (Wildman–Crippen MR) is 88.0 cm³/mol. The number of aromatic nitrogens is 2. The fraction of sp³-hybridized carbons (Fsp3) is 0.389. The number of nitrogens with one attached hydrogen (secondary N) is 1. The third kappa shape index (κ3) is 2.90. The van der Waals surface area contributed by atoms with Crippen molar-refractivity contribution in [2.75, 3.05) is 13.1 Å². The Morgan fingerprint density at radius 1 is 1.26 bits per heavy atom. The molecular formula is C18H21N3O2. The van der Waals surface area contributed by atoms with Crippen molar-refractivity contribution in [2.45, 2.75) is 31.9 Å². The number of aromatic amines is 1. The van der Waals surface area contributed by atoms with E-state index in [1.54, 1.807) is 0 Å². The molecule has 2 aromatic heterocycles. The van der Waals surface area contributed by atoms with E-state index >= 15 is 0 Å². The van der Waals surface area contributed by atoms with Gasteiger partial charge < -0.3 is 14.6 Å². The number of benzene rings is 1. The van der Waals surface area contributed by atoms with Crippen LogP contribution in [-0.2, 0) is 13.2 Å². The number of piperidine rings is 1. The first-order valence-electron chi connectivity index (χ1n) is 8.17. The molecule has 120 valence electrons. The van der Waals surface area contributed by atoms with Gasteiger partial charge in [0, 0.05) is 35.6 Å². The van der Waals surface area contributed by atoms with Crippen LogP contribution in [0.3, 0.4) is 0 Å². The smallest absolute Gasteiger partial charge is 0.162 e. The zero-order valence-corrected chi connectivity index (χ0v) is 13.0. The first-order chi connectivity index (χ1) is 11.3. The highest BCUT2D eigenvalue weighted by Crippen LogP contribution is 2.29. The minimum absolute atomic E-state index is 0.0770. The Balaban J connectivity index is 1.40. The van der Waals surface area contributed by atoms with Crippen molar-refractivity contribution in [1.82, 2.24) is 15.0 Å². The van der Waals surface area contributed by atoms with Gasteiger partial charge >= 0.3 is 0 Å². The van der Waals surface area contributed by atoms with Gasteiger partial charge in [-0.25, -0.2) is 0 Å². The number of nitrogens with zero attached hydrogens (tertiary/aromatic N) is 2. The highest BCUT2D eigenvalue weighted by Gasteiger charge is 2.23. The summed E-state index contributed by atoms with van der Waals surface area (Å²) >= 11 is 0. The molecule has 3 aromatic rings. The zero-order chi connectivity index (χ0) is 15.6. The van der Waals surface area contributed by atoms with E-state index in [0.717, 1.165) is 38.2 Å². The molecule has 1 aliphatic rings. The normalized spacial score (nSPS) is 17.1. The lowest BCUT2D eigenvalue weighted by Crippen LogP contribution is -2.32. The summed E-state index contributed by atoms with van der Waals surface area (Å²) < 4.78 is 5.11. The number of likely N-dealkylation sites (tertiary alicyclic amines) is 1. The number of H-pyrrole nitrogens is 1. The van der Waals surface area contributed by atoms with Crippen molar-refractivity contribution in [3.63, 3.8) is 0 Å². The fourth-order valence-electron chi connectivity index (χ4n) is 3.49. The summed E-state index contributed by atoms with van der Waals surface area (Å²) in [6.45, 7) is 3.03. The largest absolute Gasteiger partial charge is 0.388 e. The maximum atomic E-state index is 9.08. The van der Waals surface area contributed by atoms with E-state index in [-0.39, 0.29) is 6.61 Å². The second kappa shape index (κ2) is 6.18. The maximum Gasteiger partial charge on any atom is 0.162 e. The van der Waals surface area contributed by atoms with Crippen LogP contribution < -0.4 is 0 Å². The quantitative estimate of drug-likeness (QED) is 0.777. The number of aliphatic hydroxyl groups excluding tert-OH is 1. The van der Waals surface area contributed by atoms with Gasteiger partial charge in [0.2, 0.25) is 0 Å². The molecular weight excluding hydrogens is 290 g/mol. The Morgan fingerprint density at radius 2 is 2.09 bits per heavy atom. The standard InChI is InChI=1S/C18H21N3O2/c22-12-15-9-18(20-23-15)13-5-7-21(8-6-13)11-14-10-19-17-4-2-1-3-16(14)17/h1-4,9-10,13,19,22H,5-8,11-12H2. The molecule has 0 aliphatic carbocycles. The SMILES string of the molecule is OCc1cc(C2CCN(Cc3c[nH]c4ccccc34)CC2)no1. The molecule has 0 spiro atoms. The average molecular weight is 311 g/mol. The maximum absolute atomic E-state index is 9.08. The first kappa shape index (κ1) is 14.5. The van der Waals surface area contributed by atoms with Crippen LogP contribution in [0.15, 0.2) is 41.1 Å². The second-order valence-corrected chi connectivity index (χ2v) is 6.29. The molecule has 1 aliphatic heterocycles. The molecule has 23 heavy (non-hydrogen) atoms. The number of aliphatic hydroxyl groups is 1. The summed E-state index contributed by atoms with van der Waals surface area (Å²) in [5.41, 5.74) is 3.56. The van der Waals surface area contributed by atoms with E-state index in [1.807, 2.05) is 6.07 Å². The lowest BCUT2D eigenvalue weighted by Gasteiger charge is -2.30. The minimum Gasteiger partial charge on any atom is -0.388 e. The number of fused-ring (bicyclic) bond motifs is 1. The zero-order valence-electron chi connectivity index (χ0n) is 13.0. The molecule has 5 heteroatoms. The van der Waals surface area contributed by atoms with Gasteiger partial charge in [0.05, 0.1) is 5.69 Å². The molecule has 4 rings (SSSR count). The van der Waals surface area contributed by atoms with Crippen LogP contribution in [0.1, 0.15) is 35.8 Å². The molecule has 0 saturated carbocycles. The van der Waals surface area contributed by atoms with Crippen molar-refractivity contribution in [2.24, 2.45) is 0 Å². The van der Waals surface area contributed by atoms with Crippen molar-refractivity contribution in [3.05, 3.63) is 53.5 Å². The number of hydrogen-bond donors (Lipinski definition) is 2. The van der Waals surface area contributed by atoms with Crippen LogP contribution >= 0.6 is 0 Å². The Kier molecular flexibility index (Phi) is 3.89. The minimum atomic E-state index is -0.0770. The van der Waals surface area contributed by atoms with Gasteiger partial charge in [-0.15, -0.1) is 0 Å². The molecule has 1 saturated heterocycles. The molecule has 0 unspecified atom stereocenters. The third-order valence-corrected chi connectivity index (χ3v) is 4.81. The van der Waals surface area contributed by atoms with E-state index in [2.05, 4.69) is 45.5 Å². The summed E-state index contributed by atoms with van der Waals surface area (Å²) in [6, 6.07) is 10.3. The van der Waals surface area contributed by atoms with Crippen molar-refractivity contribution < 1.29 is 9.63 Å². The molecule has 0 bridgehead atoms. The van der Waals surface area contributed by atoms with E-state index in [1.165, 1.54) is 16.5 Å². The summed E-state index contributed by atoms with van der Waals surface area (Å²) in [5.74, 6) is 1.000. The number of rotatable bonds is 4. The second-order valence-electron chi connectivity index (χ2n) is 6.29. The highest BCUT2D eigenvalue weighted by atomic mass is 16.5. The Labute approximate surface area is 134 Å². The van der Waals surface area contributed by atoms with Crippen LogP contribution in [0, 0.1) is 0 Å². The lowest BCUT2D eigenvalue weighted by molar-refractivity contribution is 0.200. The average Bonchev–Trinajstić information content (AvgIpc) is 3.23. The van der Waals surface area contributed by atoms with Crippen molar-refractivity contribution in [3.8, 4) is 0 Å². The molecule has 0 radical (unpaired) electrons. The molecule has 0 amide bonds. The Bertz CT molecular complexity index is 784. The topological polar surface area (TPSA) is 65.3 Å². The molecule has 3 heterocycles. The van der Waals surface area contributed by atoms with Crippen molar-refractivity contribution in [1.29, 1.82) is 0 Å². The van der Waals surface area contributed by atoms with Crippen LogP contribution in [0.25, 0.3) is 10.9 Å². The van der Waals surface area contributed by atoms with Gasteiger partial charge in [0.25, 0.3) is 0 Å². The van der Waals surface area contributed by atoms with Gasteiger partial charge in [0.1, 0.15) is 6.61 Å². The molecule has 5 nitrogen and oxygen atoms in total. The van der Waals surface area contributed by atoms with Gasteiger partial charge in [-0.05, 0) is 37.6 Å². The van der Waals surface area contributed by atoms with Gasteiger partial charge in [0.15, 0.2) is 5.76 Å². The molecule has 2 N–H and O–H groups in total. The van der Waals surface area contributed by atoms with Crippen LogP contribution in [0.5, 0.6) is 0 Å². The van der Waals surface area contributed by atoms with Gasteiger partial charge in [-0.2, -0.15) is 0 Å². The third-order valence-electron chi connectivity index (χ3n) is 4.81. The first-order valence-corrected chi connectivity index (χ1v) is 8.17. The van der Waals surface area contributed by atoms with E-state index < -0.39 is 0 Å². The Hall–Kier alpha value is -2.11. The van der Waals surface area contributed by atoms with Gasteiger partial charge in [-0.3, -0.25) is 4.90 Å². The number of hydrogen-bond acceptors (Lipinski definition) is 4. The molecule has 1 aromatic carbocycles. The Morgan fingerprint density at radius 3 is 2.87 bits per heavy atom. The fourth-order valence-corrected chi connectivity index (χ4v) is 3.49. The molecule has 0 atom stereocenters. The van der Waals surface area contributed by atoms with Crippen molar-refractivity contribution >= 4 is 10.9 Å². The van der Waals surface area contributed by atoms with Gasteiger partial charge in [-0.1, -0.05) is 23.4 Å². The van der Waals surface area contributed by atoms with E-state index in [0.29, 0.717) is 11.7 Å². The summed E-state index contributed by atoms with van der Waals surface area (Å²) in [5, 5.41) is 14.5. The van der Waals surface area contributed by atoms with Crippen LogP contribution in [0.2, 0.25) is 0 Å². The van der Waals surface area contributed by atoms with E-state index in [9.17, 15) is 0 Å². The van der Waals surface area contributed by atoms with Crippen LogP contribution in [0.4, 0.5) is 0 Å². The summed E-state index contributed by atoms with van der Waals surface area (Å²) in [4.78, 5) is 5.85. The summed E-state index contributed by atoms with van der Waals surface area (Å²) in [6.07, 6.45) is 4.29. The summed E-state index contributed by atoms with van der Waals surface area (Å²) in [7, 11) is 0. The van der Waals surface area contributed by atoms with E-state index in [4.69, 9.17) is 9.63 Å². The highest BCUT2D eigenvalue weighted by molar-refractivity contribution is 5.82. The molecule has 1 fully saturated rings. The van der Waals surface area contributed by atoms with Crippen LogP contribution in [-0.4, -0.2) is 33.2 Å².